The van der Waals surface area contributed by atoms with E-state index in [1.54, 1.807) is 0 Å². The van der Waals surface area contributed by atoms with E-state index in [2.05, 4.69) is 10.3 Å². The fourth-order valence-electron chi connectivity index (χ4n) is 1.03. The number of aliphatic imine (C=N–C) groups is 1. The van der Waals surface area contributed by atoms with Gasteiger partial charge in [0.25, 0.3) is 0 Å². The molecule has 0 amide bonds. The lowest BCUT2D eigenvalue weighted by molar-refractivity contribution is -0.137. The maximum absolute atomic E-state index is 12.0. The summed E-state index contributed by atoms with van der Waals surface area (Å²) in [7, 11) is 0. The minimum atomic E-state index is -4.20. The van der Waals surface area contributed by atoms with E-state index in [0.29, 0.717) is 0 Å². The van der Waals surface area contributed by atoms with Crippen molar-refractivity contribution in [3.05, 3.63) is 0 Å². The van der Waals surface area contributed by atoms with Gasteiger partial charge in [0.2, 0.25) is 0 Å². The van der Waals surface area contributed by atoms with E-state index in [1.165, 1.54) is 6.92 Å². The van der Waals surface area contributed by atoms with Crippen molar-refractivity contribution in [3.63, 3.8) is 0 Å². The molecule has 1 unspecified atom stereocenters. The van der Waals surface area contributed by atoms with Gasteiger partial charge >= 0.3 is 6.18 Å². The van der Waals surface area contributed by atoms with Gasteiger partial charge < -0.3 is 11.1 Å². The first-order valence-electron chi connectivity index (χ1n) is 4.68. The van der Waals surface area contributed by atoms with Crippen LogP contribution in [0.5, 0.6) is 0 Å². The summed E-state index contributed by atoms with van der Waals surface area (Å²) in [5.41, 5.74) is 5.15. The monoisotopic (exact) mass is 225 g/mol. The van der Waals surface area contributed by atoms with E-state index in [0.717, 1.165) is 0 Å². The lowest BCUT2D eigenvalue weighted by Gasteiger charge is -2.22. The van der Waals surface area contributed by atoms with Crippen molar-refractivity contribution in [1.82, 2.24) is 5.32 Å². The van der Waals surface area contributed by atoms with Crippen molar-refractivity contribution in [3.8, 4) is 0 Å². The lowest BCUT2D eigenvalue weighted by atomic mass is 10.1. The standard InChI is InChI=1S/C9H18F3N3/c1-6(5-9(10,11)12)14-7(13)15-8(2,3)4/h6H,5H2,1-4H3,(H3,13,14,15). The second kappa shape index (κ2) is 4.72. The molecule has 3 nitrogen and oxygen atoms in total. The van der Waals surface area contributed by atoms with Crippen LogP contribution in [0.15, 0.2) is 4.99 Å². The summed E-state index contributed by atoms with van der Waals surface area (Å²) in [4.78, 5) is 3.71. The summed E-state index contributed by atoms with van der Waals surface area (Å²) in [6.07, 6.45) is -5.16. The smallest absolute Gasteiger partial charge is 0.370 e. The van der Waals surface area contributed by atoms with Crippen LogP contribution in [0.3, 0.4) is 0 Å². The third-order valence-corrected chi connectivity index (χ3v) is 1.39. The minimum absolute atomic E-state index is 0.0410. The number of hydrogen-bond donors (Lipinski definition) is 2. The fourth-order valence-corrected chi connectivity index (χ4v) is 1.03. The topological polar surface area (TPSA) is 50.4 Å². The number of guanidine groups is 1. The zero-order valence-corrected chi connectivity index (χ0v) is 9.44. The lowest BCUT2D eigenvalue weighted by Crippen LogP contribution is -2.45. The molecular weight excluding hydrogens is 207 g/mol. The summed E-state index contributed by atoms with van der Waals surface area (Å²) in [6, 6.07) is -0.861. The third-order valence-electron chi connectivity index (χ3n) is 1.39. The first-order chi connectivity index (χ1) is 6.49. The highest BCUT2D eigenvalue weighted by Crippen LogP contribution is 2.22. The van der Waals surface area contributed by atoms with Crippen LogP contribution in [-0.4, -0.2) is 23.7 Å². The third kappa shape index (κ3) is 9.37. The van der Waals surface area contributed by atoms with Crippen LogP contribution >= 0.6 is 0 Å². The molecule has 3 N–H and O–H groups in total. The van der Waals surface area contributed by atoms with Crippen LogP contribution in [0, 0.1) is 0 Å². The zero-order chi connectivity index (χ0) is 12.3. The quantitative estimate of drug-likeness (QED) is 0.558. The molecule has 0 spiro atoms. The van der Waals surface area contributed by atoms with Gasteiger partial charge in [0.1, 0.15) is 0 Å². The number of alkyl halides is 3. The Morgan fingerprint density at radius 1 is 1.33 bits per heavy atom. The van der Waals surface area contributed by atoms with E-state index < -0.39 is 18.6 Å². The Bertz CT molecular complexity index is 228. The average molecular weight is 225 g/mol. The summed E-state index contributed by atoms with van der Waals surface area (Å²) < 4.78 is 35.9. The summed E-state index contributed by atoms with van der Waals surface area (Å²) in [5.74, 6) is 0.0410. The van der Waals surface area contributed by atoms with Gasteiger partial charge in [-0.3, -0.25) is 4.99 Å². The Morgan fingerprint density at radius 2 is 1.80 bits per heavy atom. The van der Waals surface area contributed by atoms with Crippen LogP contribution < -0.4 is 11.1 Å². The molecule has 0 aromatic rings. The molecule has 0 aromatic carbocycles. The van der Waals surface area contributed by atoms with Crippen LogP contribution in [0.4, 0.5) is 13.2 Å². The summed E-state index contributed by atoms with van der Waals surface area (Å²) in [6.45, 7) is 6.93. The number of nitrogens with two attached hydrogens (primary N) is 1. The second-order valence-corrected chi connectivity index (χ2v) is 4.56. The van der Waals surface area contributed by atoms with Gasteiger partial charge in [0.05, 0.1) is 12.5 Å². The normalized spacial score (nSPS) is 16.3. The molecule has 0 aromatic heterocycles. The SMILES string of the molecule is CC(CC(F)(F)F)N=C(N)NC(C)(C)C. The largest absolute Gasteiger partial charge is 0.391 e. The van der Waals surface area contributed by atoms with Gasteiger partial charge in [0.15, 0.2) is 5.96 Å². The molecule has 0 saturated heterocycles. The first-order valence-corrected chi connectivity index (χ1v) is 4.68. The number of halogens is 3. The molecule has 15 heavy (non-hydrogen) atoms. The van der Waals surface area contributed by atoms with Gasteiger partial charge in [-0.15, -0.1) is 0 Å². The van der Waals surface area contributed by atoms with Crippen LogP contribution in [-0.2, 0) is 0 Å². The van der Waals surface area contributed by atoms with Gasteiger partial charge in [-0.05, 0) is 27.7 Å². The highest BCUT2D eigenvalue weighted by Gasteiger charge is 2.30. The maximum atomic E-state index is 12.0. The predicted molar refractivity (Wildman–Crippen MR) is 54.6 cm³/mol. The predicted octanol–water partition coefficient (Wildman–Crippen LogP) is 2.03. The average Bonchev–Trinajstić information content (AvgIpc) is 1.73. The zero-order valence-electron chi connectivity index (χ0n) is 9.44. The number of hydrogen-bond acceptors (Lipinski definition) is 1. The van der Waals surface area contributed by atoms with Gasteiger partial charge in [-0.1, -0.05) is 0 Å². The van der Waals surface area contributed by atoms with Crippen LogP contribution in [0.25, 0.3) is 0 Å². The first kappa shape index (κ1) is 14.1. The summed E-state index contributed by atoms with van der Waals surface area (Å²) >= 11 is 0. The fraction of sp³-hybridized carbons (Fsp3) is 0.889. The molecule has 0 aliphatic heterocycles. The molecule has 0 heterocycles. The van der Waals surface area contributed by atoms with Crippen molar-refractivity contribution < 1.29 is 13.2 Å². The molecule has 90 valence electrons. The number of nitrogens with zero attached hydrogens (tertiary/aromatic N) is 1. The Morgan fingerprint density at radius 3 is 2.13 bits per heavy atom. The molecule has 0 saturated carbocycles. The number of nitrogens with one attached hydrogen (secondary N) is 1. The van der Waals surface area contributed by atoms with Gasteiger partial charge in [0, 0.05) is 5.54 Å². The van der Waals surface area contributed by atoms with Gasteiger partial charge in [-0.2, -0.15) is 13.2 Å². The molecule has 0 fully saturated rings. The van der Waals surface area contributed by atoms with Crippen LogP contribution in [0.2, 0.25) is 0 Å². The molecule has 0 bridgehead atoms. The van der Waals surface area contributed by atoms with E-state index in [-0.39, 0.29) is 11.5 Å². The van der Waals surface area contributed by atoms with E-state index in [9.17, 15) is 13.2 Å². The van der Waals surface area contributed by atoms with Crippen LogP contribution in [0.1, 0.15) is 34.1 Å². The highest BCUT2D eigenvalue weighted by atomic mass is 19.4. The molecule has 0 radical (unpaired) electrons. The van der Waals surface area contributed by atoms with Gasteiger partial charge in [-0.25, -0.2) is 0 Å². The molecule has 1 atom stereocenters. The molecule has 0 rings (SSSR count). The van der Waals surface area contributed by atoms with E-state index in [1.807, 2.05) is 20.8 Å². The Kier molecular flexibility index (Phi) is 4.42. The molecule has 0 aliphatic carbocycles. The van der Waals surface area contributed by atoms with Crippen molar-refractivity contribution in [2.45, 2.75) is 51.9 Å². The molecule has 0 aliphatic rings. The maximum Gasteiger partial charge on any atom is 0.391 e. The Balaban J connectivity index is 4.24. The molecular formula is C9H18F3N3. The van der Waals surface area contributed by atoms with Crippen molar-refractivity contribution in [2.75, 3.05) is 0 Å². The highest BCUT2D eigenvalue weighted by molar-refractivity contribution is 5.78. The van der Waals surface area contributed by atoms with Crippen molar-refractivity contribution in [2.24, 2.45) is 10.7 Å². The van der Waals surface area contributed by atoms with E-state index in [4.69, 9.17) is 5.73 Å². The Labute approximate surface area is 87.9 Å². The van der Waals surface area contributed by atoms with E-state index >= 15 is 0 Å². The summed E-state index contributed by atoms with van der Waals surface area (Å²) in [5, 5.41) is 2.80. The van der Waals surface area contributed by atoms with Crippen molar-refractivity contribution >= 4 is 5.96 Å². The number of rotatable bonds is 2. The molecule has 6 heteroatoms. The minimum Gasteiger partial charge on any atom is -0.370 e. The Hall–Kier alpha value is -0.940. The second-order valence-electron chi connectivity index (χ2n) is 4.56. The van der Waals surface area contributed by atoms with Crippen molar-refractivity contribution in [1.29, 1.82) is 0 Å².